The summed E-state index contributed by atoms with van der Waals surface area (Å²) >= 11 is 19.0. The molecule has 97 heavy (non-hydrogen) atoms. The summed E-state index contributed by atoms with van der Waals surface area (Å²) in [6.45, 7) is 10.6. The van der Waals surface area contributed by atoms with E-state index in [9.17, 15) is 19.2 Å². The molecule has 4 radical (unpaired) electrons. The molecular formula is C82H158O8S5Sn2. The fraction of sp³-hybridized carbons (Fsp3) is 0.854. The van der Waals surface area contributed by atoms with Crippen LogP contribution >= 0.6 is 13.5 Å². The maximum atomic E-state index is 11.3. The SMILES string of the molecule is C.C.CCCCC/C=C/CCCCCCCCCCC(=O)OCC[S-].CCCCC/C=C/CCCCCCCCCCC(=O)OCC[S-].CCCCC/C=C/CCCCCCCCCCC(=O)OCC[S-].CCCCC/C=C/CCCCCCCCCCC(=O)OCC[S-].S.[Sn+2].[Sn+2]. The third-order valence-electron chi connectivity index (χ3n) is 16.0. The second-order valence-electron chi connectivity index (χ2n) is 25.0. The summed E-state index contributed by atoms with van der Waals surface area (Å²) in [6.07, 6.45) is 87.3. The minimum Gasteiger partial charge on any atom is -0.789 e. The molecule has 0 aromatic carbocycles. The van der Waals surface area contributed by atoms with Crippen molar-refractivity contribution in [3.8, 4) is 0 Å². The van der Waals surface area contributed by atoms with Crippen LogP contribution in [-0.4, -0.2) is 121 Å². The molecular weight excluding hydrogens is 1510 g/mol. The van der Waals surface area contributed by atoms with Crippen molar-refractivity contribution in [3.05, 3.63) is 48.6 Å². The van der Waals surface area contributed by atoms with Crippen molar-refractivity contribution < 1.29 is 38.1 Å². The van der Waals surface area contributed by atoms with Gasteiger partial charge in [-0.05, 0) is 128 Å². The van der Waals surface area contributed by atoms with Gasteiger partial charge in [-0.3, -0.25) is 19.2 Å². The van der Waals surface area contributed by atoms with E-state index >= 15 is 0 Å². The Kier molecular flexibility index (Phi) is 134. The summed E-state index contributed by atoms with van der Waals surface area (Å²) in [6, 6.07) is 0. The van der Waals surface area contributed by atoms with Gasteiger partial charge in [0, 0.05) is 25.7 Å². The molecule has 0 aromatic heterocycles. The molecule has 0 spiro atoms. The Morgan fingerprint density at radius 3 is 0.485 bits per heavy atom. The number of rotatable bonds is 68. The van der Waals surface area contributed by atoms with Gasteiger partial charge < -0.3 is 69.5 Å². The van der Waals surface area contributed by atoms with Crippen LogP contribution in [0.3, 0.4) is 0 Å². The molecule has 0 atom stereocenters. The van der Waals surface area contributed by atoms with Crippen LogP contribution in [0.5, 0.6) is 0 Å². The van der Waals surface area contributed by atoms with Gasteiger partial charge in [-0.1, -0.05) is 297 Å². The van der Waals surface area contributed by atoms with Crippen LogP contribution in [0.15, 0.2) is 48.6 Å². The number of hydrogen-bond acceptors (Lipinski definition) is 12. The average Bonchev–Trinajstić information content (AvgIpc) is 3.68. The number of unbranched alkanes of at least 4 members (excludes halogenated alkanes) is 44. The summed E-state index contributed by atoms with van der Waals surface area (Å²) in [5.74, 6) is 1.66. The van der Waals surface area contributed by atoms with Crippen LogP contribution in [0.4, 0.5) is 0 Å². The number of esters is 4. The van der Waals surface area contributed by atoms with Crippen molar-refractivity contribution in [1.82, 2.24) is 0 Å². The molecule has 0 aliphatic rings. The molecule has 0 aromatic rings. The Bertz CT molecular complexity index is 1350. The first-order chi connectivity index (χ1) is 45.2. The Hall–Kier alpha value is 0.187. The Morgan fingerprint density at radius 1 is 0.227 bits per heavy atom. The third-order valence-corrected chi connectivity index (χ3v) is 16.6. The Morgan fingerprint density at radius 2 is 0.351 bits per heavy atom. The molecule has 8 nitrogen and oxygen atoms in total. The number of ether oxygens (including phenoxy) is 4. The molecule has 0 fully saturated rings. The molecule has 0 saturated heterocycles. The first-order valence-corrected chi connectivity index (χ1v) is 41.1. The van der Waals surface area contributed by atoms with Gasteiger partial charge in [0.1, 0.15) is 0 Å². The molecule has 0 heterocycles. The van der Waals surface area contributed by atoms with E-state index < -0.39 is 0 Å². The van der Waals surface area contributed by atoms with Crippen molar-refractivity contribution in [2.24, 2.45) is 0 Å². The van der Waals surface area contributed by atoms with Crippen LogP contribution < -0.4 is 0 Å². The van der Waals surface area contributed by atoms with E-state index in [1.807, 2.05) is 0 Å². The first-order valence-electron chi connectivity index (χ1n) is 38.8. The van der Waals surface area contributed by atoms with Gasteiger partial charge in [0.15, 0.2) is 0 Å². The maximum Gasteiger partial charge on any atom is 2.00 e. The second-order valence-corrected chi connectivity index (χ2v) is 26.7. The molecule has 572 valence electrons. The quantitative estimate of drug-likeness (QED) is 0.0145. The average molecular weight is 1670 g/mol. The van der Waals surface area contributed by atoms with Gasteiger partial charge in [0.2, 0.25) is 0 Å². The number of allylic oxidation sites excluding steroid dienone is 8. The smallest absolute Gasteiger partial charge is 0.789 e. The predicted molar refractivity (Wildman–Crippen MR) is 446 cm³/mol. The van der Waals surface area contributed by atoms with Gasteiger partial charge >= 0.3 is 71.7 Å². The monoisotopic (exact) mass is 1670 g/mol. The van der Waals surface area contributed by atoms with Crippen LogP contribution in [0.2, 0.25) is 0 Å². The number of carbonyl (C=O) groups is 4. The minimum absolute atomic E-state index is 0. The van der Waals surface area contributed by atoms with E-state index in [0.717, 1.165) is 51.4 Å². The van der Waals surface area contributed by atoms with E-state index in [0.29, 0.717) is 75.1 Å². The van der Waals surface area contributed by atoms with Gasteiger partial charge in [-0.2, -0.15) is 13.5 Å². The van der Waals surface area contributed by atoms with Gasteiger partial charge in [-0.15, -0.1) is 23.0 Å². The Balaban J connectivity index is -0.000000149. The zero-order valence-electron chi connectivity index (χ0n) is 62.3. The molecule has 15 heteroatoms. The van der Waals surface area contributed by atoms with Crippen molar-refractivity contribution >= 4 is 136 Å². The first kappa shape index (κ1) is 116. The molecule has 0 amide bonds. The van der Waals surface area contributed by atoms with Crippen LogP contribution in [0.1, 0.15) is 402 Å². The van der Waals surface area contributed by atoms with Gasteiger partial charge in [-0.25, -0.2) is 0 Å². The maximum absolute atomic E-state index is 11.3. The van der Waals surface area contributed by atoms with Crippen LogP contribution in [-0.2, 0) is 88.6 Å². The normalized spacial score (nSPS) is 10.6. The zero-order chi connectivity index (χ0) is 68.0. The van der Waals surface area contributed by atoms with E-state index in [1.54, 1.807) is 0 Å². The van der Waals surface area contributed by atoms with Crippen LogP contribution in [0, 0.1) is 0 Å². The zero-order valence-corrected chi connectivity index (χ0v) is 72.2. The van der Waals surface area contributed by atoms with E-state index in [1.165, 1.54) is 283 Å². The molecule has 0 aliphatic heterocycles. The van der Waals surface area contributed by atoms with Crippen molar-refractivity contribution in [3.63, 3.8) is 0 Å². The van der Waals surface area contributed by atoms with E-state index in [4.69, 9.17) is 69.5 Å². The summed E-state index contributed by atoms with van der Waals surface area (Å²) < 4.78 is 19.8. The summed E-state index contributed by atoms with van der Waals surface area (Å²) in [7, 11) is 0. The summed E-state index contributed by atoms with van der Waals surface area (Å²) in [5, 5.41) is 0. The van der Waals surface area contributed by atoms with Gasteiger partial charge in [0.05, 0.1) is 26.4 Å². The second kappa shape index (κ2) is 112. The molecule has 0 unspecified atom stereocenters. The molecule has 0 N–H and O–H groups in total. The van der Waals surface area contributed by atoms with E-state index in [-0.39, 0.29) is 100 Å². The molecule has 0 bridgehead atoms. The van der Waals surface area contributed by atoms with Crippen molar-refractivity contribution in [2.75, 3.05) is 49.4 Å². The fourth-order valence-electron chi connectivity index (χ4n) is 10.3. The fourth-order valence-corrected chi connectivity index (χ4v) is 10.6. The largest absolute Gasteiger partial charge is 2.00 e. The summed E-state index contributed by atoms with van der Waals surface area (Å²) in [5.41, 5.74) is 0. The standard InChI is InChI=1S/4C20H38O2S.2CH4.H2S.2Sn/c4*1-2-3-4-5-6-7-8-9-10-11-12-13-14-15-16-17-20(21)22-18-19-23;;;;;/h4*6-7,23H,2-5,8-19H2,1H3;2*1H4;1H2;;/q;;;;;;;2*+2/p-4/b4*7-6+;;;;;. The van der Waals surface area contributed by atoms with Crippen molar-refractivity contribution in [2.45, 2.75) is 402 Å². The number of hydrogen-bond donors (Lipinski definition) is 0. The predicted octanol–water partition coefficient (Wildman–Crippen LogP) is 25.1. The van der Waals surface area contributed by atoms with Crippen molar-refractivity contribution in [1.29, 1.82) is 0 Å². The van der Waals surface area contributed by atoms with Gasteiger partial charge in [0.25, 0.3) is 0 Å². The molecule has 0 rings (SSSR count). The summed E-state index contributed by atoms with van der Waals surface area (Å²) in [4.78, 5) is 45.0. The van der Waals surface area contributed by atoms with Crippen LogP contribution in [0.25, 0.3) is 0 Å². The number of carbonyl (C=O) groups excluding carboxylic acids is 4. The Labute approximate surface area is 668 Å². The minimum atomic E-state index is -0.0856. The molecule has 0 aliphatic carbocycles. The topological polar surface area (TPSA) is 105 Å². The molecule has 0 saturated carbocycles. The van der Waals surface area contributed by atoms with E-state index in [2.05, 4.69) is 76.3 Å². The third kappa shape index (κ3) is 120.